The molecule has 0 radical (unpaired) electrons. The highest BCUT2D eigenvalue weighted by Gasteiger charge is 2.15. The van der Waals surface area contributed by atoms with Gasteiger partial charge in [0.05, 0.1) is 12.8 Å². The number of nitrogens with zero attached hydrogens (tertiary/aromatic N) is 2. The number of ether oxygens (including phenoxy) is 2. The molecule has 0 saturated carbocycles. The van der Waals surface area contributed by atoms with Crippen LogP contribution in [0.5, 0.6) is 17.4 Å². The minimum Gasteiger partial charge on any atom is -0.493 e. The van der Waals surface area contributed by atoms with Crippen molar-refractivity contribution in [2.24, 2.45) is 0 Å². The topological polar surface area (TPSA) is 35.8 Å². The molecule has 0 bridgehead atoms. The summed E-state index contributed by atoms with van der Waals surface area (Å²) in [4.78, 5) is 5.40. The van der Waals surface area contributed by atoms with Gasteiger partial charge in [0.2, 0.25) is 5.88 Å². The average molecular weight is 339 g/mol. The second-order valence-electron chi connectivity index (χ2n) is 3.81. The second kappa shape index (κ2) is 5.22. The van der Waals surface area contributed by atoms with Crippen LogP contribution < -0.4 is 9.47 Å². The van der Waals surface area contributed by atoms with E-state index in [0.717, 1.165) is 10.7 Å². The van der Waals surface area contributed by atoms with Crippen LogP contribution in [0.1, 0.15) is 5.69 Å². The molecule has 0 amide bonds. The van der Waals surface area contributed by atoms with Crippen molar-refractivity contribution in [2.75, 3.05) is 7.11 Å². The van der Waals surface area contributed by atoms with Gasteiger partial charge in [0, 0.05) is 16.9 Å². The van der Waals surface area contributed by atoms with Crippen molar-refractivity contribution in [1.82, 2.24) is 9.38 Å². The Bertz CT molecular complexity index is 708. The molecule has 6 heteroatoms. The van der Waals surface area contributed by atoms with Crippen LogP contribution in [0, 0.1) is 0 Å². The lowest BCUT2D eigenvalue weighted by molar-refractivity contribution is 0.374. The van der Waals surface area contributed by atoms with Crippen LogP contribution >= 0.6 is 27.3 Å². The summed E-state index contributed by atoms with van der Waals surface area (Å²) in [5.74, 6) is 1.96. The number of aromatic nitrogens is 2. The maximum absolute atomic E-state index is 5.89. The summed E-state index contributed by atoms with van der Waals surface area (Å²) >= 11 is 5.05. The molecular weight excluding hydrogens is 328 g/mol. The van der Waals surface area contributed by atoms with Gasteiger partial charge in [0.15, 0.2) is 16.5 Å². The standard InChI is InChI=1S/C13H11BrN2O2S/c1-17-10-4-2-3-5-11(10)18-12-9(8-14)16-6-7-19-13(16)15-12/h2-7H,8H2,1H3. The lowest BCUT2D eigenvalue weighted by Crippen LogP contribution is -1.93. The van der Waals surface area contributed by atoms with E-state index in [9.17, 15) is 0 Å². The van der Waals surface area contributed by atoms with Gasteiger partial charge < -0.3 is 9.47 Å². The largest absolute Gasteiger partial charge is 0.493 e. The first-order valence-electron chi connectivity index (χ1n) is 5.64. The fraction of sp³-hybridized carbons (Fsp3) is 0.154. The predicted molar refractivity (Wildman–Crippen MR) is 78.8 cm³/mol. The van der Waals surface area contributed by atoms with Crippen LogP contribution in [0.3, 0.4) is 0 Å². The minimum absolute atomic E-state index is 0.605. The number of benzene rings is 1. The third-order valence-electron chi connectivity index (χ3n) is 2.73. The Hall–Kier alpha value is -1.53. The highest BCUT2D eigenvalue weighted by molar-refractivity contribution is 9.08. The molecule has 0 aliphatic rings. The van der Waals surface area contributed by atoms with Crippen molar-refractivity contribution in [2.45, 2.75) is 5.33 Å². The molecule has 1 aromatic carbocycles. The summed E-state index contributed by atoms with van der Waals surface area (Å²) in [5.41, 5.74) is 0.988. The number of alkyl halides is 1. The maximum Gasteiger partial charge on any atom is 0.243 e. The van der Waals surface area contributed by atoms with Crippen molar-refractivity contribution in [3.63, 3.8) is 0 Å². The Morgan fingerprint density at radius 2 is 2.11 bits per heavy atom. The first kappa shape index (κ1) is 12.5. The summed E-state index contributed by atoms with van der Waals surface area (Å²) in [7, 11) is 1.62. The van der Waals surface area contributed by atoms with Gasteiger partial charge in [-0.3, -0.25) is 4.40 Å². The van der Waals surface area contributed by atoms with E-state index in [4.69, 9.17) is 9.47 Å². The Labute approximate surface area is 122 Å². The number of hydrogen-bond acceptors (Lipinski definition) is 4. The molecule has 4 nitrogen and oxygen atoms in total. The normalized spacial score (nSPS) is 10.8. The second-order valence-corrected chi connectivity index (χ2v) is 5.24. The third-order valence-corrected chi connectivity index (χ3v) is 4.01. The highest BCUT2D eigenvalue weighted by atomic mass is 79.9. The van der Waals surface area contributed by atoms with Crippen molar-refractivity contribution in [3.8, 4) is 17.4 Å². The fourth-order valence-corrected chi connectivity index (χ4v) is 3.06. The lowest BCUT2D eigenvalue weighted by Gasteiger charge is -2.08. The van der Waals surface area contributed by atoms with Crippen molar-refractivity contribution >= 4 is 32.2 Å². The van der Waals surface area contributed by atoms with Gasteiger partial charge >= 0.3 is 0 Å². The molecule has 0 unspecified atom stereocenters. The number of halogens is 1. The summed E-state index contributed by atoms with van der Waals surface area (Å²) in [6.45, 7) is 0. The Balaban J connectivity index is 2.02. The first-order valence-corrected chi connectivity index (χ1v) is 7.65. The van der Waals surface area contributed by atoms with E-state index in [1.807, 2.05) is 40.2 Å². The number of para-hydroxylation sites is 2. The molecule has 0 spiro atoms. The van der Waals surface area contributed by atoms with E-state index < -0.39 is 0 Å². The van der Waals surface area contributed by atoms with Crippen molar-refractivity contribution in [3.05, 3.63) is 41.5 Å². The molecule has 0 fully saturated rings. The van der Waals surface area contributed by atoms with Crippen LogP contribution in [-0.4, -0.2) is 16.5 Å². The van der Waals surface area contributed by atoms with Crippen LogP contribution in [0.15, 0.2) is 35.8 Å². The monoisotopic (exact) mass is 338 g/mol. The van der Waals surface area contributed by atoms with Gasteiger partial charge in [-0.1, -0.05) is 28.1 Å². The average Bonchev–Trinajstić information content (AvgIpc) is 2.99. The summed E-state index contributed by atoms with van der Waals surface area (Å²) in [6.07, 6.45) is 1.98. The summed E-state index contributed by atoms with van der Waals surface area (Å²) in [5, 5.41) is 2.68. The SMILES string of the molecule is COc1ccccc1Oc1nc2sccn2c1CBr. The fourth-order valence-electron chi connectivity index (χ4n) is 1.82. The van der Waals surface area contributed by atoms with Gasteiger partial charge in [0.1, 0.15) is 0 Å². The molecule has 3 rings (SSSR count). The van der Waals surface area contributed by atoms with E-state index >= 15 is 0 Å². The molecule has 0 aliphatic carbocycles. The van der Waals surface area contributed by atoms with E-state index in [-0.39, 0.29) is 0 Å². The molecule has 2 aromatic heterocycles. The van der Waals surface area contributed by atoms with Crippen LogP contribution in [0.25, 0.3) is 4.96 Å². The van der Waals surface area contributed by atoms with Gasteiger partial charge in [-0.05, 0) is 12.1 Å². The molecule has 19 heavy (non-hydrogen) atoms. The van der Waals surface area contributed by atoms with E-state index in [1.165, 1.54) is 0 Å². The van der Waals surface area contributed by atoms with E-state index in [1.54, 1.807) is 18.4 Å². The number of thiazole rings is 1. The maximum atomic E-state index is 5.89. The number of fused-ring (bicyclic) bond motifs is 1. The minimum atomic E-state index is 0.605. The highest BCUT2D eigenvalue weighted by Crippen LogP contribution is 2.34. The van der Waals surface area contributed by atoms with Crippen LogP contribution in [0.2, 0.25) is 0 Å². The van der Waals surface area contributed by atoms with Crippen LogP contribution in [-0.2, 0) is 5.33 Å². The van der Waals surface area contributed by atoms with Crippen LogP contribution in [0.4, 0.5) is 0 Å². The number of methoxy groups -OCH3 is 1. The zero-order chi connectivity index (χ0) is 13.2. The van der Waals surface area contributed by atoms with Crippen molar-refractivity contribution in [1.29, 1.82) is 0 Å². The smallest absolute Gasteiger partial charge is 0.243 e. The number of imidazole rings is 1. The summed E-state index contributed by atoms with van der Waals surface area (Å²) < 4.78 is 13.2. The number of hydrogen-bond donors (Lipinski definition) is 0. The van der Waals surface area contributed by atoms with Gasteiger partial charge in [-0.2, -0.15) is 4.98 Å². The molecule has 0 aliphatic heterocycles. The molecular formula is C13H11BrN2O2S. The van der Waals surface area contributed by atoms with Gasteiger partial charge in [-0.15, -0.1) is 11.3 Å². The lowest BCUT2D eigenvalue weighted by atomic mass is 10.3. The third kappa shape index (κ3) is 2.21. The predicted octanol–water partition coefficient (Wildman–Crippen LogP) is 4.09. The Morgan fingerprint density at radius 3 is 2.84 bits per heavy atom. The molecule has 3 aromatic rings. The zero-order valence-corrected chi connectivity index (χ0v) is 12.6. The first-order chi connectivity index (χ1) is 9.33. The number of rotatable bonds is 4. The van der Waals surface area contributed by atoms with E-state index in [0.29, 0.717) is 22.7 Å². The van der Waals surface area contributed by atoms with Gasteiger partial charge in [0.25, 0.3) is 0 Å². The van der Waals surface area contributed by atoms with Crippen molar-refractivity contribution < 1.29 is 9.47 Å². The molecule has 2 heterocycles. The molecule has 0 atom stereocenters. The van der Waals surface area contributed by atoms with Gasteiger partial charge in [-0.25, -0.2) is 0 Å². The Kier molecular flexibility index (Phi) is 3.44. The van der Waals surface area contributed by atoms with E-state index in [2.05, 4.69) is 20.9 Å². The molecule has 0 saturated heterocycles. The molecule has 0 N–H and O–H groups in total. The Morgan fingerprint density at radius 1 is 1.32 bits per heavy atom. The quantitative estimate of drug-likeness (QED) is 0.672. The summed E-state index contributed by atoms with van der Waals surface area (Å²) in [6, 6.07) is 7.54. The zero-order valence-electron chi connectivity index (χ0n) is 10.2. The molecule has 98 valence electrons.